The quantitative estimate of drug-likeness (QED) is 0.677. The van der Waals surface area contributed by atoms with Crippen LogP contribution in [0.15, 0.2) is 48.5 Å². The van der Waals surface area contributed by atoms with Crippen molar-refractivity contribution in [2.45, 2.75) is 20.3 Å². The second kappa shape index (κ2) is 7.25. The Kier molecular flexibility index (Phi) is 4.88. The molecule has 1 heterocycles. The molecule has 0 unspecified atom stereocenters. The number of halogens is 2. The third-order valence-corrected chi connectivity index (χ3v) is 3.71. The van der Waals surface area contributed by atoms with Crippen molar-refractivity contribution in [1.29, 1.82) is 0 Å². The van der Waals surface area contributed by atoms with Crippen LogP contribution in [-0.2, 0) is 6.42 Å². The van der Waals surface area contributed by atoms with Crippen molar-refractivity contribution in [2.75, 3.05) is 10.6 Å². The zero-order valence-electron chi connectivity index (χ0n) is 14.0. The third-order valence-electron chi connectivity index (χ3n) is 3.71. The zero-order chi connectivity index (χ0) is 17.8. The molecule has 2 aromatic carbocycles. The van der Waals surface area contributed by atoms with Crippen molar-refractivity contribution in [3.05, 3.63) is 71.6 Å². The van der Waals surface area contributed by atoms with Crippen LogP contribution in [0.4, 0.5) is 31.8 Å². The summed E-state index contributed by atoms with van der Waals surface area (Å²) in [4.78, 5) is 8.54. The van der Waals surface area contributed by atoms with E-state index in [-0.39, 0.29) is 5.69 Å². The highest BCUT2D eigenvalue weighted by Gasteiger charge is 2.11. The van der Waals surface area contributed by atoms with Gasteiger partial charge in [-0.15, -0.1) is 0 Å². The van der Waals surface area contributed by atoms with Gasteiger partial charge in [-0.1, -0.05) is 31.2 Å². The second-order valence-electron chi connectivity index (χ2n) is 5.54. The first-order chi connectivity index (χ1) is 12.1. The van der Waals surface area contributed by atoms with Gasteiger partial charge in [0.2, 0.25) is 0 Å². The lowest BCUT2D eigenvalue weighted by atomic mass is 10.1. The molecule has 128 valence electrons. The van der Waals surface area contributed by atoms with Crippen molar-refractivity contribution in [1.82, 2.24) is 9.97 Å². The Hall–Kier alpha value is -3.02. The molecular weight excluding hydrogens is 322 g/mol. The molecule has 0 saturated carbocycles. The first-order valence-electron chi connectivity index (χ1n) is 7.98. The van der Waals surface area contributed by atoms with E-state index in [1.807, 2.05) is 24.3 Å². The molecule has 0 amide bonds. The molecule has 0 fully saturated rings. The van der Waals surface area contributed by atoms with Crippen molar-refractivity contribution in [3.63, 3.8) is 0 Å². The zero-order valence-corrected chi connectivity index (χ0v) is 14.0. The van der Waals surface area contributed by atoms with Gasteiger partial charge in [-0.05, 0) is 37.1 Å². The monoisotopic (exact) mass is 340 g/mol. The number of anilines is 4. The van der Waals surface area contributed by atoms with Gasteiger partial charge in [0.05, 0.1) is 0 Å². The highest BCUT2D eigenvalue weighted by atomic mass is 19.1. The average molecular weight is 340 g/mol. The summed E-state index contributed by atoms with van der Waals surface area (Å²) in [6.45, 7) is 3.79. The molecular formula is C19H18F2N4. The first kappa shape index (κ1) is 16.8. The molecule has 0 aliphatic heterocycles. The molecule has 2 N–H and O–H groups in total. The number of rotatable bonds is 5. The second-order valence-corrected chi connectivity index (χ2v) is 5.54. The molecule has 0 radical (unpaired) electrons. The SMILES string of the molecule is CCc1ccccc1Nc1cc(Nc2c(F)cccc2F)nc(C)n1. The Labute approximate surface area is 145 Å². The number of hydrogen-bond donors (Lipinski definition) is 2. The van der Waals surface area contributed by atoms with Crippen molar-refractivity contribution in [3.8, 4) is 0 Å². The molecule has 3 aromatic rings. The fourth-order valence-corrected chi connectivity index (χ4v) is 2.53. The van der Waals surface area contributed by atoms with Gasteiger partial charge < -0.3 is 10.6 Å². The van der Waals surface area contributed by atoms with E-state index in [1.165, 1.54) is 18.2 Å². The molecule has 3 rings (SSSR count). The van der Waals surface area contributed by atoms with E-state index in [2.05, 4.69) is 27.5 Å². The summed E-state index contributed by atoms with van der Waals surface area (Å²) in [7, 11) is 0. The smallest absolute Gasteiger partial charge is 0.149 e. The van der Waals surface area contributed by atoms with Crippen LogP contribution in [-0.4, -0.2) is 9.97 Å². The van der Waals surface area contributed by atoms with Gasteiger partial charge in [0.1, 0.15) is 34.8 Å². The first-order valence-corrected chi connectivity index (χ1v) is 7.98. The minimum Gasteiger partial charge on any atom is -0.340 e. The van der Waals surface area contributed by atoms with Crippen molar-refractivity contribution < 1.29 is 8.78 Å². The van der Waals surface area contributed by atoms with E-state index in [0.29, 0.717) is 17.5 Å². The predicted octanol–water partition coefficient (Wildman–Crippen LogP) is 5.11. The standard InChI is InChI=1S/C19H18F2N4/c1-3-13-7-4-5-10-16(13)24-17-11-18(23-12(2)22-17)25-19-14(20)8-6-9-15(19)21/h4-11H,3H2,1-2H3,(H2,22,23,24,25). The Morgan fingerprint density at radius 1 is 0.880 bits per heavy atom. The molecule has 1 aromatic heterocycles. The van der Waals surface area contributed by atoms with Gasteiger partial charge in [-0.2, -0.15) is 0 Å². The molecule has 25 heavy (non-hydrogen) atoms. The maximum Gasteiger partial charge on any atom is 0.149 e. The van der Waals surface area contributed by atoms with Gasteiger partial charge in [-0.3, -0.25) is 0 Å². The van der Waals surface area contributed by atoms with Gasteiger partial charge in [0.25, 0.3) is 0 Å². The van der Waals surface area contributed by atoms with E-state index >= 15 is 0 Å². The van der Waals surface area contributed by atoms with Crippen molar-refractivity contribution >= 4 is 23.0 Å². The summed E-state index contributed by atoms with van der Waals surface area (Å²) >= 11 is 0. The molecule has 0 aliphatic rings. The number of benzene rings is 2. The number of aromatic nitrogens is 2. The number of nitrogens with one attached hydrogen (secondary N) is 2. The molecule has 0 aliphatic carbocycles. The van der Waals surface area contributed by atoms with E-state index in [1.54, 1.807) is 13.0 Å². The molecule has 0 saturated heterocycles. The summed E-state index contributed by atoms with van der Waals surface area (Å²) < 4.78 is 27.6. The molecule has 6 heteroatoms. The molecule has 0 spiro atoms. The number of hydrogen-bond acceptors (Lipinski definition) is 4. The van der Waals surface area contributed by atoms with E-state index in [9.17, 15) is 8.78 Å². The largest absolute Gasteiger partial charge is 0.340 e. The Balaban J connectivity index is 1.91. The minimum absolute atomic E-state index is 0.236. The van der Waals surface area contributed by atoms with Crippen LogP contribution in [0.2, 0.25) is 0 Å². The topological polar surface area (TPSA) is 49.8 Å². The molecule has 0 atom stereocenters. The lowest BCUT2D eigenvalue weighted by Gasteiger charge is -2.13. The number of para-hydroxylation sites is 2. The van der Waals surface area contributed by atoms with Crippen LogP contribution in [0.3, 0.4) is 0 Å². The highest BCUT2D eigenvalue weighted by Crippen LogP contribution is 2.25. The van der Waals surface area contributed by atoms with E-state index in [4.69, 9.17) is 0 Å². The summed E-state index contributed by atoms with van der Waals surface area (Å²) in [5.41, 5.74) is 1.85. The summed E-state index contributed by atoms with van der Waals surface area (Å²) in [6, 6.07) is 13.2. The lowest BCUT2D eigenvalue weighted by molar-refractivity contribution is 0.590. The molecule has 4 nitrogen and oxygen atoms in total. The van der Waals surface area contributed by atoms with Crippen LogP contribution in [0.5, 0.6) is 0 Å². The predicted molar refractivity (Wildman–Crippen MR) is 95.5 cm³/mol. The summed E-state index contributed by atoms with van der Waals surface area (Å²) in [6.07, 6.45) is 0.874. The van der Waals surface area contributed by atoms with Crippen LogP contribution < -0.4 is 10.6 Å². The maximum atomic E-state index is 13.8. The van der Waals surface area contributed by atoms with Gasteiger partial charge in [-0.25, -0.2) is 18.7 Å². The van der Waals surface area contributed by atoms with Gasteiger partial charge in [0.15, 0.2) is 0 Å². The fourth-order valence-electron chi connectivity index (χ4n) is 2.53. The van der Waals surface area contributed by atoms with Gasteiger partial charge in [0, 0.05) is 11.8 Å². The van der Waals surface area contributed by atoms with Crippen LogP contribution in [0, 0.1) is 18.6 Å². The normalized spacial score (nSPS) is 10.6. The van der Waals surface area contributed by atoms with E-state index in [0.717, 1.165) is 17.7 Å². The minimum atomic E-state index is -0.679. The van der Waals surface area contributed by atoms with Gasteiger partial charge >= 0.3 is 0 Å². The Morgan fingerprint density at radius 3 is 2.20 bits per heavy atom. The Morgan fingerprint density at radius 2 is 1.52 bits per heavy atom. The van der Waals surface area contributed by atoms with Crippen LogP contribution >= 0.6 is 0 Å². The number of aryl methyl sites for hydroxylation is 2. The summed E-state index contributed by atoms with van der Waals surface area (Å²) in [5.74, 6) is -0.0111. The lowest BCUT2D eigenvalue weighted by Crippen LogP contribution is -2.04. The van der Waals surface area contributed by atoms with Crippen LogP contribution in [0.25, 0.3) is 0 Å². The average Bonchev–Trinajstić information content (AvgIpc) is 2.58. The third kappa shape index (κ3) is 3.91. The van der Waals surface area contributed by atoms with Crippen LogP contribution in [0.1, 0.15) is 18.3 Å². The summed E-state index contributed by atoms with van der Waals surface area (Å²) in [5, 5.41) is 5.94. The Bertz CT molecular complexity index is 876. The fraction of sp³-hybridized carbons (Fsp3) is 0.158. The van der Waals surface area contributed by atoms with Crippen molar-refractivity contribution in [2.24, 2.45) is 0 Å². The highest BCUT2D eigenvalue weighted by molar-refractivity contribution is 5.65. The maximum absolute atomic E-state index is 13.8. The van der Waals surface area contributed by atoms with E-state index < -0.39 is 11.6 Å². The molecule has 0 bridgehead atoms. The number of nitrogens with zero attached hydrogens (tertiary/aromatic N) is 2.